The predicted molar refractivity (Wildman–Crippen MR) is 88.7 cm³/mol. The van der Waals surface area contributed by atoms with Crippen LogP contribution in [0.1, 0.15) is 17.7 Å². The zero-order chi connectivity index (χ0) is 15.5. The summed E-state index contributed by atoms with van der Waals surface area (Å²) >= 11 is 6.55. The molecule has 0 fully saturated rings. The number of aromatic amines is 1. The van der Waals surface area contributed by atoms with Gasteiger partial charge in [-0.2, -0.15) is 5.10 Å². The van der Waals surface area contributed by atoms with Gasteiger partial charge < -0.3 is 0 Å². The summed E-state index contributed by atoms with van der Waals surface area (Å²) in [5.41, 5.74) is 2.13. The summed E-state index contributed by atoms with van der Waals surface area (Å²) in [5, 5.41) is 6.81. The topological polar surface area (TPSA) is 74.8 Å². The van der Waals surface area contributed by atoms with Crippen molar-refractivity contribution in [2.24, 2.45) is 0 Å². The fourth-order valence-corrected chi connectivity index (χ4v) is 4.45. The fraction of sp³-hybridized carbons (Fsp3) is 0.308. The molecule has 0 spiro atoms. The van der Waals surface area contributed by atoms with Gasteiger partial charge in [-0.3, -0.25) is 5.10 Å². The lowest BCUT2D eigenvalue weighted by Crippen LogP contribution is -2.25. The Morgan fingerprint density at radius 1 is 1.33 bits per heavy atom. The van der Waals surface area contributed by atoms with Crippen molar-refractivity contribution < 1.29 is 8.42 Å². The number of aromatic nitrogens is 2. The van der Waals surface area contributed by atoms with E-state index in [4.69, 9.17) is 0 Å². The van der Waals surface area contributed by atoms with Crippen molar-refractivity contribution >= 4 is 41.9 Å². The number of hydrogen-bond acceptors (Lipinski definition) is 3. The predicted octanol–water partition coefficient (Wildman–Crippen LogP) is 3.15. The van der Waals surface area contributed by atoms with E-state index in [0.29, 0.717) is 17.4 Å². The summed E-state index contributed by atoms with van der Waals surface area (Å²) < 4.78 is 28.4. The Hall–Kier alpha value is -0.700. The molecule has 8 heteroatoms. The van der Waals surface area contributed by atoms with Gasteiger partial charge in [0.25, 0.3) is 0 Å². The van der Waals surface area contributed by atoms with Gasteiger partial charge in [0.05, 0.1) is 11.1 Å². The van der Waals surface area contributed by atoms with Crippen LogP contribution < -0.4 is 4.72 Å². The Morgan fingerprint density at radius 3 is 2.76 bits per heavy atom. The molecule has 114 valence electrons. The number of hydrogen-bond donors (Lipinski definition) is 2. The van der Waals surface area contributed by atoms with E-state index in [1.807, 2.05) is 6.92 Å². The van der Waals surface area contributed by atoms with E-state index in [2.05, 4.69) is 46.8 Å². The Balaban J connectivity index is 1.95. The van der Waals surface area contributed by atoms with Crippen molar-refractivity contribution in [3.63, 3.8) is 0 Å². The molecule has 0 aliphatic rings. The van der Waals surface area contributed by atoms with Gasteiger partial charge in [0.1, 0.15) is 0 Å². The third-order valence-corrected chi connectivity index (χ3v) is 5.98. The molecule has 1 aromatic carbocycles. The third kappa shape index (κ3) is 4.38. The highest BCUT2D eigenvalue weighted by Crippen LogP contribution is 2.25. The molecule has 2 N–H and O–H groups in total. The highest BCUT2D eigenvalue weighted by Gasteiger charge is 2.17. The minimum Gasteiger partial charge on any atom is -0.283 e. The quantitative estimate of drug-likeness (QED) is 0.683. The molecule has 0 radical (unpaired) electrons. The summed E-state index contributed by atoms with van der Waals surface area (Å²) in [7, 11) is -3.51. The maximum atomic E-state index is 12.3. The number of rotatable bonds is 6. The second-order valence-electron chi connectivity index (χ2n) is 4.60. The normalized spacial score (nSPS) is 11.8. The van der Waals surface area contributed by atoms with Gasteiger partial charge in [0.2, 0.25) is 10.0 Å². The van der Waals surface area contributed by atoms with Crippen molar-refractivity contribution in [1.82, 2.24) is 14.9 Å². The lowest BCUT2D eigenvalue weighted by Gasteiger charge is -2.09. The van der Waals surface area contributed by atoms with Crippen molar-refractivity contribution in [1.29, 1.82) is 0 Å². The molecule has 0 aliphatic carbocycles. The van der Waals surface area contributed by atoms with Crippen LogP contribution in [0, 0.1) is 6.92 Å². The Morgan fingerprint density at radius 2 is 2.10 bits per heavy atom. The molecule has 0 amide bonds. The van der Waals surface area contributed by atoms with Gasteiger partial charge in [-0.15, -0.1) is 0 Å². The maximum absolute atomic E-state index is 12.3. The second-order valence-corrected chi connectivity index (χ2v) is 8.10. The van der Waals surface area contributed by atoms with E-state index in [0.717, 1.165) is 22.2 Å². The number of halogens is 2. The van der Waals surface area contributed by atoms with Crippen molar-refractivity contribution in [3.05, 3.63) is 44.6 Å². The first-order valence-electron chi connectivity index (χ1n) is 6.34. The highest BCUT2D eigenvalue weighted by molar-refractivity contribution is 9.11. The standard InChI is InChI=1S/C13H15Br2N3O2S/c1-9-10(8-16-18-9)3-2-6-17-21(19,20)13-7-11(14)4-5-12(13)15/h4-5,7-8,17H,2-3,6H2,1H3,(H,16,18). The number of aryl methyl sites for hydroxylation is 2. The molecule has 2 aromatic rings. The molecule has 0 aliphatic heterocycles. The van der Waals surface area contributed by atoms with Gasteiger partial charge in [0.15, 0.2) is 0 Å². The molecular formula is C13H15Br2N3O2S. The van der Waals surface area contributed by atoms with Gasteiger partial charge in [-0.1, -0.05) is 15.9 Å². The van der Waals surface area contributed by atoms with Crippen LogP contribution in [-0.4, -0.2) is 25.2 Å². The van der Waals surface area contributed by atoms with Gasteiger partial charge in [0, 0.05) is 21.2 Å². The molecule has 0 bridgehead atoms. The summed E-state index contributed by atoms with van der Waals surface area (Å²) in [6, 6.07) is 5.06. The average Bonchev–Trinajstić information content (AvgIpc) is 2.83. The minimum absolute atomic E-state index is 0.233. The van der Waals surface area contributed by atoms with Crippen LogP contribution in [-0.2, 0) is 16.4 Å². The first-order valence-corrected chi connectivity index (χ1v) is 9.40. The first kappa shape index (κ1) is 16.7. The SMILES string of the molecule is Cc1[nH]ncc1CCCNS(=O)(=O)c1cc(Br)ccc1Br. The smallest absolute Gasteiger partial charge is 0.241 e. The molecule has 21 heavy (non-hydrogen) atoms. The van der Waals surface area contributed by atoms with Crippen LogP contribution in [0.15, 0.2) is 38.2 Å². The van der Waals surface area contributed by atoms with Crippen LogP contribution >= 0.6 is 31.9 Å². The summed E-state index contributed by atoms with van der Waals surface area (Å²) in [6.45, 7) is 2.33. The number of nitrogens with one attached hydrogen (secondary N) is 2. The van der Waals surface area contributed by atoms with E-state index in [9.17, 15) is 8.42 Å². The lowest BCUT2D eigenvalue weighted by atomic mass is 10.1. The Bertz CT molecular complexity index is 729. The largest absolute Gasteiger partial charge is 0.283 e. The molecule has 1 heterocycles. The van der Waals surface area contributed by atoms with Gasteiger partial charge >= 0.3 is 0 Å². The summed E-state index contributed by atoms with van der Waals surface area (Å²) in [6.07, 6.45) is 3.27. The lowest BCUT2D eigenvalue weighted by molar-refractivity contribution is 0.578. The van der Waals surface area contributed by atoms with Crippen LogP contribution in [0.3, 0.4) is 0 Å². The number of nitrogens with zero attached hydrogens (tertiary/aromatic N) is 1. The molecule has 2 rings (SSSR count). The molecule has 0 unspecified atom stereocenters. The van der Waals surface area contributed by atoms with Crippen molar-refractivity contribution in [2.45, 2.75) is 24.7 Å². The molecule has 0 saturated carbocycles. The van der Waals surface area contributed by atoms with E-state index in [1.165, 1.54) is 0 Å². The highest BCUT2D eigenvalue weighted by atomic mass is 79.9. The zero-order valence-electron chi connectivity index (χ0n) is 11.4. The van der Waals surface area contributed by atoms with Gasteiger partial charge in [-0.05, 0) is 59.5 Å². The van der Waals surface area contributed by atoms with E-state index in [-0.39, 0.29) is 4.90 Å². The number of benzene rings is 1. The first-order chi connectivity index (χ1) is 9.90. The van der Waals surface area contributed by atoms with Crippen LogP contribution in [0.25, 0.3) is 0 Å². The average molecular weight is 437 g/mol. The fourth-order valence-electron chi connectivity index (χ4n) is 1.87. The van der Waals surface area contributed by atoms with E-state index in [1.54, 1.807) is 24.4 Å². The summed E-state index contributed by atoms with van der Waals surface area (Å²) in [5.74, 6) is 0. The Labute approximate surface area is 140 Å². The molecular weight excluding hydrogens is 422 g/mol. The molecule has 5 nitrogen and oxygen atoms in total. The monoisotopic (exact) mass is 435 g/mol. The van der Waals surface area contributed by atoms with E-state index >= 15 is 0 Å². The third-order valence-electron chi connectivity index (χ3n) is 3.03. The van der Waals surface area contributed by atoms with Crippen molar-refractivity contribution in [2.75, 3.05) is 6.54 Å². The summed E-state index contributed by atoms with van der Waals surface area (Å²) in [4.78, 5) is 0.233. The molecule has 0 atom stereocenters. The van der Waals surface area contributed by atoms with Crippen LogP contribution in [0.2, 0.25) is 0 Å². The number of sulfonamides is 1. The van der Waals surface area contributed by atoms with Gasteiger partial charge in [-0.25, -0.2) is 13.1 Å². The molecule has 0 saturated heterocycles. The van der Waals surface area contributed by atoms with E-state index < -0.39 is 10.0 Å². The Kier molecular flexibility index (Phi) is 5.59. The second kappa shape index (κ2) is 7.04. The zero-order valence-corrected chi connectivity index (χ0v) is 15.3. The maximum Gasteiger partial charge on any atom is 0.241 e. The van der Waals surface area contributed by atoms with Crippen molar-refractivity contribution in [3.8, 4) is 0 Å². The van der Waals surface area contributed by atoms with Crippen LogP contribution in [0.5, 0.6) is 0 Å². The van der Waals surface area contributed by atoms with Crippen LogP contribution in [0.4, 0.5) is 0 Å². The minimum atomic E-state index is -3.51. The number of H-pyrrole nitrogens is 1. The molecule has 1 aromatic heterocycles.